The molecule has 0 saturated heterocycles. The summed E-state index contributed by atoms with van der Waals surface area (Å²) in [5.41, 5.74) is 2.38. The van der Waals surface area contributed by atoms with Gasteiger partial charge < -0.3 is 15.2 Å². The fourth-order valence-electron chi connectivity index (χ4n) is 2.14. The Bertz CT molecular complexity index is 514. The van der Waals surface area contributed by atoms with Crippen molar-refractivity contribution < 1.29 is 9.84 Å². The summed E-state index contributed by atoms with van der Waals surface area (Å²) in [6.07, 6.45) is 2.06. The van der Waals surface area contributed by atoms with E-state index in [9.17, 15) is 0 Å². The van der Waals surface area contributed by atoms with E-state index in [1.807, 2.05) is 30.3 Å². The van der Waals surface area contributed by atoms with Crippen LogP contribution < -0.4 is 10.1 Å². The minimum Gasteiger partial charge on any atom is -0.494 e. The quantitative estimate of drug-likeness (QED) is 0.696. The third-order valence-electron chi connectivity index (χ3n) is 3.25. The van der Waals surface area contributed by atoms with Crippen molar-refractivity contribution in [1.82, 2.24) is 5.32 Å². The maximum absolute atomic E-state index is 8.65. The lowest BCUT2D eigenvalue weighted by Gasteiger charge is -2.08. The lowest BCUT2D eigenvalue weighted by atomic mass is 10.1. The number of aliphatic hydroxyl groups excluding tert-OH is 1. The van der Waals surface area contributed by atoms with Crippen LogP contribution in [0.1, 0.15) is 12.8 Å². The van der Waals surface area contributed by atoms with Crippen LogP contribution in [0.2, 0.25) is 0 Å². The summed E-state index contributed by atoms with van der Waals surface area (Å²) in [6.45, 7) is 2.51. The number of ether oxygens (including phenoxy) is 1. The molecule has 0 heterocycles. The van der Waals surface area contributed by atoms with Gasteiger partial charge in [-0.05, 0) is 42.6 Å². The van der Waals surface area contributed by atoms with E-state index in [2.05, 4.69) is 29.6 Å². The molecule has 0 saturated carbocycles. The number of unbranched alkanes of at least 4 members (excludes halogenated alkanes) is 1. The van der Waals surface area contributed by atoms with E-state index in [1.165, 1.54) is 11.1 Å². The second-order valence-corrected chi connectivity index (χ2v) is 4.92. The number of hydrogen-bond acceptors (Lipinski definition) is 3. The van der Waals surface area contributed by atoms with Crippen molar-refractivity contribution >= 4 is 0 Å². The van der Waals surface area contributed by atoms with E-state index in [4.69, 9.17) is 9.84 Å². The number of benzene rings is 2. The highest BCUT2D eigenvalue weighted by molar-refractivity contribution is 5.64. The average molecular weight is 285 g/mol. The molecule has 3 heteroatoms. The summed E-state index contributed by atoms with van der Waals surface area (Å²) in [5.74, 6) is 0.916. The third kappa shape index (κ3) is 5.58. The van der Waals surface area contributed by atoms with E-state index in [1.54, 1.807) is 0 Å². The van der Waals surface area contributed by atoms with Gasteiger partial charge in [0.1, 0.15) is 5.75 Å². The molecule has 0 atom stereocenters. The molecule has 0 aromatic heterocycles. The Labute approximate surface area is 126 Å². The highest BCUT2D eigenvalue weighted by Gasteiger charge is 1.99. The monoisotopic (exact) mass is 285 g/mol. The minimum atomic E-state index is 0.197. The van der Waals surface area contributed by atoms with E-state index in [-0.39, 0.29) is 6.61 Å². The van der Waals surface area contributed by atoms with Gasteiger partial charge in [0.05, 0.1) is 13.2 Å². The Hall–Kier alpha value is -1.84. The molecule has 0 fully saturated rings. The van der Waals surface area contributed by atoms with Crippen molar-refractivity contribution in [2.24, 2.45) is 0 Å². The van der Waals surface area contributed by atoms with Crippen LogP contribution in [0.25, 0.3) is 11.1 Å². The first-order chi connectivity index (χ1) is 10.4. The molecule has 3 nitrogen and oxygen atoms in total. The molecule has 0 unspecified atom stereocenters. The Morgan fingerprint density at radius 3 is 2.48 bits per heavy atom. The Kier molecular flexibility index (Phi) is 6.78. The molecule has 21 heavy (non-hydrogen) atoms. The van der Waals surface area contributed by atoms with Gasteiger partial charge in [0.2, 0.25) is 0 Å². The predicted molar refractivity (Wildman–Crippen MR) is 86.6 cm³/mol. The van der Waals surface area contributed by atoms with Crippen molar-refractivity contribution in [2.75, 3.05) is 26.3 Å². The van der Waals surface area contributed by atoms with Crippen LogP contribution in [0.15, 0.2) is 54.6 Å². The summed E-state index contributed by atoms with van der Waals surface area (Å²) < 4.78 is 5.80. The summed E-state index contributed by atoms with van der Waals surface area (Å²) in [7, 11) is 0. The van der Waals surface area contributed by atoms with Gasteiger partial charge in [0.25, 0.3) is 0 Å². The van der Waals surface area contributed by atoms with Gasteiger partial charge >= 0.3 is 0 Å². The highest BCUT2D eigenvalue weighted by atomic mass is 16.5. The smallest absolute Gasteiger partial charge is 0.119 e. The Morgan fingerprint density at radius 1 is 0.857 bits per heavy atom. The van der Waals surface area contributed by atoms with Gasteiger partial charge in [0, 0.05) is 6.54 Å². The van der Waals surface area contributed by atoms with Crippen molar-refractivity contribution in [1.29, 1.82) is 0 Å². The Morgan fingerprint density at radius 2 is 1.67 bits per heavy atom. The van der Waals surface area contributed by atoms with Crippen LogP contribution in [0.5, 0.6) is 5.75 Å². The molecule has 0 aliphatic rings. The molecular formula is C18H23NO2. The fourth-order valence-corrected chi connectivity index (χ4v) is 2.14. The maximum Gasteiger partial charge on any atom is 0.119 e. The van der Waals surface area contributed by atoms with Gasteiger partial charge in [-0.2, -0.15) is 0 Å². The Balaban J connectivity index is 1.77. The van der Waals surface area contributed by atoms with Crippen LogP contribution >= 0.6 is 0 Å². The predicted octanol–water partition coefficient (Wildman–Crippen LogP) is 3.09. The van der Waals surface area contributed by atoms with E-state index >= 15 is 0 Å². The molecule has 0 bridgehead atoms. The normalized spacial score (nSPS) is 10.5. The van der Waals surface area contributed by atoms with Gasteiger partial charge in [-0.1, -0.05) is 42.5 Å². The van der Waals surface area contributed by atoms with Gasteiger partial charge in [-0.25, -0.2) is 0 Å². The van der Waals surface area contributed by atoms with Crippen LogP contribution in [0.4, 0.5) is 0 Å². The first kappa shape index (κ1) is 15.5. The SMILES string of the molecule is OCCNCCCCOc1cccc(-c2ccccc2)c1. The van der Waals surface area contributed by atoms with Crippen molar-refractivity contribution in [3.63, 3.8) is 0 Å². The van der Waals surface area contributed by atoms with Crippen molar-refractivity contribution in [3.05, 3.63) is 54.6 Å². The number of rotatable bonds is 9. The molecule has 2 aromatic carbocycles. The zero-order chi connectivity index (χ0) is 14.8. The van der Waals surface area contributed by atoms with Crippen LogP contribution in [0, 0.1) is 0 Å². The van der Waals surface area contributed by atoms with Crippen molar-refractivity contribution in [2.45, 2.75) is 12.8 Å². The fraction of sp³-hybridized carbons (Fsp3) is 0.333. The van der Waals surface area contributed by atoms with E-state index in [0.717, 1.165) is 31.7 Å². The summed E-state index contributed by atoms with van der Waals surface area (Å²) in [6, 6.07) is 18.5. The van der Waals surface area contributed by atoms with Crippen LogP contribution in [-0.2, 0) is 0 Å². The van der Waals surface area contributed by atoms with E-state index < -0.39 is 0 Å². The zero-order valence-electron chi connectivity index (χ0n) is 12.3. The molecule has 2 aromatic rings. The second kappa shape index (κ2) is 9.16. The third-order valence-corrected chi connectivity index (χ3v) is 3.25. The van der Waals surface area contributed by atoms with E-state index in [0.29, 0.717) is 6.54 Å². The molecule has 0 spiro atoms. The first-order valence-corrected chi connectivity index (χ1v) is 7.50. The number of hydrogen-bond donors (Lipinski definition) is 2. The molecule has 0 aliphatic carbocycles. The van der Waals surface area contributed by atoms with Gasteiger partial charge in [-0.15, -0.1) is 0 Å². The first-order valence-electron chi connectivity index (χ1n) is 7.50. The standard InChI is InChI=1S/C18H23NO2/c20-13-12-19-11-4-5-14-21-18-10-6-9-17(15-18)16-7-2-1-3-8-16/h1-3,6-10,15,19-20H,4-5,11-14H2. The topological polar surface area (TPSA) is 41.5 Å². The molecule has 2 N–H and O–H groups in total. The zero-order valence-corrected chi connectivity index (χ0v) is 12.3. The molecular weight excluding hydrogens is 262 g/mol. The summed E-state index contributed by atoms with van der Waals surface area (Å²) in [4.78, 5) is 0. The van der Waals surface area contributed by atoms with Gasteiger partial charge in [0.15, 0.2) is 0 Å². The molecule has 0 radical (unpaired) electrons. The minimum absolute atomic E-state index is 0.197. The number of nitrogens with one attached hydrogen (secondary N) is 1. The molecule has 2 rings (SSSR count). The molecule has 0 aliphatic heterocycles. The summed E-state index contributed by atoms with van der Waals surface area (Å²) in [5, 5.41) is 11.8. The lowest BCUT2D eigenvalue weighted by Crippen LogP contribution is -2.19. The van der Waals surface area contributed by atoms with Crippen LogP contribution in [-0.4, -0.2) is 31.4 Å². The molecule has 0 amide bonds. The van der Waals surface area contributed by atoms with Crippen molar-refractivity contribution in [3.8, 4) is 16.9 Å². The lowest BCUT2D eigenvalue weighted by molar-refractivity contribution is 0.286. The maximum atomic E-state index is 8.65. The van der Waals surface area contributed by atoms with Gasteiger partial charge in [-0.3, -0.25) is 0 Å². The van der Waals surface area contributed by atoms with Crippen LogP contribution in [0.3, 0.4) is 0 Å². The molecule has 112 valence electrons. The summed E-state index contributed by atoms with van der Waals surface area (Å²) >= 11 is 0. The second-order valence-electron chi connectivity index (χ2n) is 4.92. The largest absolute Gasteiger partial charge is 0.494 e. The average Bonchev–Trinajstić information content (AvgIpc) is 2.55. The number of aliphatic hydroxyl groups is 1. The highest BCUT2D eigenvalue weighted by Crippen LogP contribution is 2.23.